The molecule has 0 saturated carbocycles. The maximum Gasteiger partial charge on any atom is 0.335 e. The molecule has 2 atom stereocenters. The van der Waals surface area contributed by atoms with Crippen molar-refractivity contribution in [1.82, 2.24) is 10.2 Å². The lowest BCUT2D eigenvalue weighted by Gasteiger charge is -2.13. The number of carboxylic acid groups (broad SMARTS) is 1. The fourth-order valence-electron chi connectivity index (χ4n) is 1.12. The number of aliphatic carboxylic acids is 1. The Morgan fingerprint density at radius 2 is 2.14 bits per heavy atom. The van der Waals surface area contributed by atoms with Gasteiger partial charge in [-0.15, -0.1) is 0 Å². The second-order valence-corrected chi connectivity index (χ2v) is 2.88. The molecule has 78 valence electrons. The lowest BCUT2D eigenvalue weighted by molar-refractivity contribution is -0.153. The van der Waals surface area contributed by atoms with Gasteiger partial charge in [0.05, 0.1) is 0 Å². The number of hydrogen-bond donors (Lipinski definition) is 5. The Morgan fingerprint density at radius 3 is 2.50 bits per heavy atom. The van der Waals surface area contributed by atoms with Gasteiger partial charge in [-0.1, -0.05) is 0 Å². The highest BCUT2D eigenvalue weighted by Gasteiger charge is 2.29. The number of nitrogen functional groups attached to an aromatic ring is 1. The number of H-pyrrole nitrogens is 1. The van der Waals surface area contributed by atoms with E-state index in [1.165, 1.54) is 0 Å². The summed E-state index contributed by atoms with van der Waals surface area (Å²) >= 11 is 0. The summed E-state index contributed by atoms with van der Waals surface area (Å²) in [5.74, 6) is -1.53. The summed E-state index contributed by atoms with van der Waals surface area (Å²) in [6.45, 7) is 1.57. The van der Waals surface area contributed by atoms with E-state index in [4.69, 9.17) is 15.9 Å². The summed E-state index contributed by atoms with van der Waals surface area (Å²) in [5, 5.41) is 33.0. The Kier molecular flexibility index (Phi) is 2.73. The van der Waals surface area contributed by atoms with Crippen molar-refractivity contribution >= 4 is 11.8 Å². The Hall–Kier alpha value is -1.60. The molecule has 2 unspecified atom stereocenters. The van der Waals surface area contributed by atoms with Crippen LogP contribution >= 0.6 is 0 Å². The first-order valence-electron chi connectivity index (χ1n) is 3.84. The van der Waals surface area contributed by atoms with Gasteiger partial charge in [0.15, 0.2) is 11.9 Å². The molecule has 1 aromatic rings. The molecular weight excluding hydrogens is 190 g/mol. The molecule has 7 heteroatoms. The number of aliphatic hydroxyl groups is 2. The van der Waals surface area contributed by atoms with Crippen molar-refractivity contribution in [2.24, 2.45) is 0 Å². The van der Waals surface area contributed by atoms with Crippen molar-refractivity contribution in [1.29, 1.82) is 0 Å². The van der Waals surface area contributed by atoms with Crippen molar-refractivity contribution in [3.63, 3.8) is 0 Å². The number of rotatable bonds is 3. The van der Waals surface area contributed by atoms with Crippen LogP contribution in [0.25, 0.3) is 0 Å². The highest BCUT2D eigenvalue weighted by Crippen LogP contribution is 2.24. The van der Waals surface area contributed by atoms with Crippen LogP contribution in [0.3, 0.4) is 0 Å². The second-order valence-electron chi connectivity index (χ2n) is 2.88. The normalized spacial score (nSPS) is 15.1. The molecule has 0 aliphatic heterocycles. The summed E-state index contributed by atoms with van der Waals surface area (Å²) in [5.41, 5.74) is 5.91. The minimum atomic E-state index is -1.91. The quantitative estimate of drug-likeness (QED) is 0.416. The Balaban J connectivity index is 2.99. The topological polar surface area (TPSA) is 132 Å². The first kappa shape index (κ1) is 10.5. The molecule has 1 aromatic heterocycles. The third-order valence-corrected chi connectivity index (χ3v) is 1.87. The van der Waals surface area contributed by atoms with E-state index < -0.39 is 18.2 Å². The van der Waals surface area contributed by atoms with Gasteiger partial charge in [0.2, 0.25) is 0 Å². The second kappa shape index (κ2) is 3.64. The lowest BCUT2D eigenvalue weighted by atomic mass is 10.0. The van der Waals surface area contributed by atoms with Gasteiger partial charge in [0.1, 0.15) is 6.10 Å². The number of nitrogens with one attached hydrogen (secondary N) is 1. The van der Waals surface area contributed by atoms with E-state index in [2.05, 4.69) is 10.2 Å². The number of anilines is 1. The smallest absolute Gasteiger partial charge is 0.335 e. The van der Waals surface area contributed by atoms with Crippen LogP contribution in [0.2, 0.25) is 0 Å². The molecule has 0 aliphatic carbocycles. The number of hydrogen-bond acceptors (Lipinski definition) is 5. The largest absolute Gasteiger partial charge is 0.479 e. The Morgan fingerprint density at radius 1 is 1.57 bits per heavy atom. The molecule has 0 bridgehead atoms. The Labute approximate surface area is 79.2 Å². The van der Waals surface area contributed by atoms with Gasteiger partial charge >= 0.3 is 5.97 Å². The zero-order chi connectivity index (χ0) is 10.9. The number of carbonyl (C=O) groups is 1. The van der Waals surface area contributed by atoms with Crippen LogP contribution in [0, 0.1) is 6.92 Å². The van der Waals surface area contributed by atoms with E-state index in [-0.39, 0.29) is 11.4 Å². The van der Waals surface area contributed by atoms with Crippen LogP contribution in [0.5, 0.6) is 0 Å². The van der Waals surface area contributed by atoms with Gasteiger partial charge in [-0.05, 0) is 6.92 Å². The molecule has 0 fully saturated rings. The van der Waals surface area contributed by atoms with E-state index in [9.17, 15) is 9.90 Å². The van der Waals surface area contributed by atoms with Crippen LogP contribution in [-0.2, 0) is 4.79 Å². The molecule has 0 spiro atoms. The van der Waals surface area contributed by atoms with E-state index >= 15 is 0 Å². The third kappa shape index (κ3) is 1.68. The van der Waals surface area contributed by atoms with Gasteiger partial charge in [-0.3, -0.25) is 5.10 Å². The number of aromatic amines is 1. The van der Waals surface area contributed by atoms with Crippen LogP contribution in [-0.4, -0.2) is 37.6 Å². The van der Waals surface area contributed by atoms with Gasteiger partial charge in [-0.25, -0.2) is 4.79 Å². The molecule has 14 heavy (non-hydrogen) atoms. The molecule has 0 amide bonds. The van der Waals surface area contributed by atoms with Crippen molar-refractivity contribution in [2.75, 3.05) is 5.73 Å². The van der Waals surface area contributed by atoms with Gasteiger partial charge in [-0.2, -0.15) is 5.10 Å². The van der Waals surface area contributed by atoms with Crippen LogP contribution in [0.4, 0.5) is 5.82 Å². The molecule has 6 N–H and O–H groups in total. The first-order chi connectivity index (χ1) is 6.45. The van der Waals surface area contributed by atoms with E-state index in [0.29, 0.717) is 5.69 Å². The maximum atomic E-state index is 10.4. The molecular formula is C7H11N3O4. The van der Waals surface area contributed by atoms with Crippen LogP contribution in [0.1, 0.15) is 17.4 Å². The fourth-order valence-corrected chi connectivity index (χ4v) is 1.12. The maximum absolute atomic E-state index is 10.4. The van der Waals surface area contributed by atoms with Crippen LogP contribution in [0.15, 0.2) is 0 Å². The molecule has 0 radical (unpaired) electrons. The SMILES string of the molecule is Cc1[nH]nc(N)c1C(O)C(O)C(=O)O. The monoisotopic (exact) mass is 201 g/mol. The zero-order valence-corrected chi connectivity index (χ0v) is 7.43. The lowest BCUT2D eigenvalue weighted by Crippen LogP contribution is -2.28. The predicted molar refractivity (Wildman–Crippen MR) is 46.3 cm³/mol. The average Bonchev–Trinajstić information content (AvgIpc) is 2.44. The summed E-state index contributed by atoms with van der Waals surface area (Å²) in [7, 11) is 0. The highest BCUT2D eigenvalue weighted by atomic mass is 16.4. The molecule has 1 heterocycles. The number of aliphatic hydroxyl groups excluding tert-OH is 2. The fraction of sp³-hybridized carbons (Fsp3) is 0.429. The number of nitrogens with two attached hydrogens (primary N) is 1. The Bertz CT molecular complexity index is 329. The minimum Gasteiger partial charge on any atom is -0.479 e. The van der Waals surface area contributed by atoms with Gasteiger partial charge in [0, 0.05) is 11.3 Å². The van der Waals surface area contributed by atoms with Gasteiger partial charge < -0.3 is 21.1 Å². The highest BCUT2D eigenvalue weighted by molar-refractivity contribution is 5.73. The van der Waals surface area contributed by atoms with Crippen molar-refractivity contribution in [3.05, 3.63) is 11.3 Å². The molecule has 0 saturated heterocycles. The summed E-state index contributed by atoms with van der Waals surface area (Å²) in [4.78, 5) is 10.4. The van der Waals surface area contributed by atoms with E-state index in [1.807, 2.05) is 0 Å². The predicted octanol–water partition coefficient (Wildman–Crippen LogP) is -1.22. The van der Waals surface area contributed by atoms with E-state index in [1.54, 1.807) is 6.92 Å². The average molecular weight is 201 g/mol. The minimum absolute atomic E-state index is 0.0182. The number of nitrogens with zero attached hydrogens (tertiary/aromatic N) is 1. The molecule has 0 aromatic carbocycles. The third-order valence-electron chi connectivity index (χ3n) is 1.87. The number of aryl methyl sites for hydroxylation is 1. The van der Waals surface area contributed by atoms with Crippen molar-refractivity contribution in [2.45, 2.75) is 19.1 Å². The molecule has 7 nitrogen and oxygen atoms in total. The zero-order valence-electron chi connectivity index (χ0n) is 7.43. The van der Waals surface area contributed by atoms with Crippen molar-refractivity contribution < 1.29 is 20.1 Å². The first-order valence-corrected chi connectivity index (χ1v) is 3.84. The summed E-state index contributed by atoms with van der Waals surface area (Å²) < 4.78 is 0. The summed E-state index contributed by atoms with van der Waals surface area (Å²) in [6, 6.07) is 0. The van der Waals surface area contributed by atoms with Crippen LogP contribution < -0.4 is 5.73 Å². The number of carboxylic acids is 1. The standard InChI is InChI=1S/C7H11N3O4/c1-2-3(6(8)10-9-2)4(11)5(12)7(13)14/h4-5,11-12H,1H3,(H,13,14)(H3,8,9,10). The summed E-state index contributed by atoms with van der Waals surface area (Å²) in [6.07, 6.45) is -3.49. The molecule has 0 aliphatic rings. The van der Waals surface area contributed by atoms with E-state index in [0.717, 1.165) is 0 Å². The van der Waals surface area contributed by atoms with Gasteiger partial charge in [0.25, 0.3) is 0 Å². The molecule has 1 rings (SSSR count). The van der Waals surface area contributed by atoms with Crippen molar-refractivity contribution in [3.8, 4) is 0 Å². The number of aromatic nitrogens is 2.